The number of aryl methyl sites for hydroxylation is 1. The molecule has 0 aliphatic carbocycles. The molecule has 2 rings (SSSR count). The first-order chi connectivity index (χ1) is 9.80. The average Bonchev–Trinajstić information content (AvgIpc) is 2.84. The minimum Gasteiger partial charge on any atom is -0.388 e. The van der Waals surface area contributed by atoms with Gasteiger partial charge in [0.25, 0.3) is 11.7 Å². The first kappa shape index (κ1) is 15.4. The molecule has 0 bridgehead atoms. The van der Waals surface area contributed by atoms with Crippen molar-refractivity contribution in [2.45, 2.75) is 39.7 Å². The van der Waals surface area contributed by atoms with Crippen molar-refractivity contribution >= 4 is 11.7 Å². The number of nitrogens with one attached hydrogen (secondary N) is 1. The molecule has 2 aromatic rings. The fourth-order valence-electron chi connectivity index (χ4n) is 2.43. The predicted molar refractivity (Wildman–Crippen MR) is 77.9 cm³/mol. The van der Waals surface area contributed by atoms with Gasteiger partial charge in [-0.1, -0.05) is 13.8 Å². The number of carbonyl (C=O) groups is 1. The Balaban J connectivity index is 2.10. The van der Waals surface area contributed by atoms with Crippen LogP contribution in [0.5, 0.6) is 0 Å². The third-order valence-electron chi connectivity index (χ3n) is 3.27. The average molecular weight is 291 g/mol. The van der Waals surface area contributed by atoms with Gasteiger partial charge in [0, 0.05) is 12.7 Å². The molecular formula is C14H21N5O2. The van der Waals surface area contributed by atoms with Crippen molar-refractivity contribution < 1.29 is 9.90 Å². The van der Waals surface area contributed by atoms with Crippen LogP contribution in [-0.4, -0.2) is 42.7 Å². The summed E-state index contributed by atoms with van der Waals surface area (Å²) in [4.78, 5) is 20.3. The summed E-state index contributed by atoms with van der Waals surface area (Å²) >= 11 is 0. The molecule has 1 amide bonds. The summed E-state index contributed by atoms with van der Waals surface area (Å²) in [5.41, 5.74) is 0.162. The van der Waals surface area contributed by atoms with E-state index in [0.717, 1.165) is 0 Å². The molecule has 0 fully saturated rings. The van der Waals surface area contributed by atoms with Crippen molar-refractivity contribution in [3.63, 3.8) is 0 Å². The van der Waals surface area contributed by atoms with E-state index >= 15 is 0 Å². The van der Waals surface area contributed by atoms with Crippen LogP contribution in [0.4, 0.5) is 0 Å². The second-order valence-electron chi connectivity index (χ2n) is 6.01. The highest BCUT2D eigenvalue weighted by molar-refractivity contribution is 5.95. The molecule has 0 aromatic carbocycles. The van der Waals surface area contributed by atoms with E-state index < -0.39 is 5.60 Å². The first-order valence-corrected chi connectivity index (χ1v) is 6.96. The number of nitrogens with zero attached hydrogens (tertiary/aromatic N) is 4. The van der Waals surface area contributed by atoms with Crippen LogP contribution in [0.25, 0.3) is 5.78 Å². The fourth-order valence-corrected chi connectivity index (χ4v) is 2.43. The Hall–Kier alpha value is -2.02. The van der Waals surface area contributed by atoms with Gasteiger partial charge in [-0.25, -0.2) is 9.50 Å². The number of fused-ring (bicyclic) bond motifs is 1. The molecule has 7 nitrogen and oxygen atoms in total. The first-order valence-electron chi connectivity index (χ1n) is 6.96. The molecule has 2 N–H and O–H groups in total. The van der Waals surface area contributed by atoms with Gasteiger partial charge in [0.15, 0.2) is 0 Å². The van der Waals surface area contributed by atoms with Gasteiger partial charge in [0.2, 0.25) is 0 Å². The third kappa shape index (κ3) is 3.55. The molecule has 0 aliphatic rings. The van der Waals surface area contributed by atoms with Crippen LogP contribution in [-0.2, 0) is 0 Å². The fraction of sp³-hybridized carbons (Fsp3) is 0.571. The summed E-state index contributed by atoms with van der Waals surface area (Å²) in [5.74, 6) is 0.532. The van der Waals surface area contributed by atoms with Gasteiger partial charge < -0.3 is 10.4 Å². The third-order valence-corrected chi connectivity index (χ3v) is 3.27. The quantitative estimate of drug-likeness (QED) is 0.856. The lowest BCUT2D eigenvalue weighted by molar-refractivity contribution is 0.0368. The van der Waals surface area contributed by atoms with Crippen LogP contribution in [0, 0.1) is 12.8 Å². The van der Waals surface area contributed by atoms with Crippen molar-refractivity contribution in [3.05, 3.63) is 23.8 Å². The molecule has 114 valence electrons. The smallest absolute Gasteiger partial charge is 0.254 e. The number of carbonyl (C=O) groups excluding carboxylic acids is 1. The highest BCUT2D eigenvalue weighted by atomic mass is 16.3. The van der Waals surface area contributed by atoms with Crippen LogP contribution >= 0.6 is 0 Å². The Morgan fingerprint density at radius 1 is 1.48 bits per heavy atom. The van der Waals surface area contributed by atoms with E-state index in [9.17, 15) is 9.90 Å². The van der Waals surface area contributed by atoms with Gasteiger partial charge in [-0.2, -0.15) is 10.1 Å². The topological polar surface area (TPSA) is 92.4 Å². The molecule has 0 saturated heterocycles. The maximum atomic E-state index is 12.2. The van der Waals surface area contributed by atoms with Crippen molar-refractivity contribution in [2.75, 3.05) is 6.54 Å². The van der Waals surface area contributed by atoms with Crippen LogP contribution in [0.1, 0.15) is 43.2 Å². The van der Waals surface area contributed by atoms with E-state index in [2.05, 4.69) is 20.4 Å². The Kier molecular flexibility index (Phi) is 4.22. The largest absolute Gasteiger partial charge is 0.388 e. The normalized spacial score (nSPS) is 14.4. The Morgan fingerprint density at radius 3 is 2.86 bits per heavy atom. The summed E-state index contributed by atoms with van der Waals surface area (Å²) in [7, 11) is 0. The summed E-state index contributed by atoms with van der Waals surface area (Å²) in [6, 6.07) is 0. The minimum absolute atomic E-state index is 0.193. The van der Waals surface area contributed by atoms with E-state index in [0.29, 0.717) is 29.4 Å². The maximum absolute atomic E-state index is 12.2. The van der Waals surface area contributed by atoms with Crippen LogP contribution in [0.3, 0.4) is 0 Å². The minimum atomic E-state index is -0.928. The predicted octanol–water partition coefficient (Wildman–Crippen LogP) is 0.960. The van der Waals surface area contributed by atoms with Crippen LogP contribution in [0.15, 0.2) is 12.5 Å². The summed E-state index contributed by atoms with van der Waals surface area (Å²) in [5, 5.41) is 17.0. The van der Waals surface area contributed by atoms with E-state index in [1.165, 1.54) is 17.0 Å². The molecule has 21 heavy (non-hydrogen) atoms. The van der Waals surface area contributed by atoms with Crippen LogP contribution < -0.4 is 5.32 Å². The van der Waals surface area contributed by atoms with Crippen molar-refractivity contribution in [2.24, 2.45) is 5.92 Å². The SMILES string of the molecule is Cc1c(C(=O)NCC(C)(O)CC(C)C)cnc2ncnn12. The van der Waals surface area contributed by atoms with Gasteiger partial charge in [-0.05, 0) is 26.2 Å². The second kappa shape index (κ2) is 5.77. The lowest BCUT2D eigenvalue weighted by atomic mass is 9.94. The van der Waals surface area contributed by atoms with E-state index in [4.69, 9.17) is 0 Å². The van der Waals surface area contributed by atoms with E-state index in [1.807, 2.05) is 13.8 Å². The molecule has 1 unspecified atom stereocenters. The summed E-state index contributed by atoms with van der Waals surface area (Å²) in [6.45, 7) is 7.76. The van der Waals surface area contributed by atoms with Gasteiger partial charge in [-0.3, -0.25) is 4.79 Å². The molecule has 1 atom stereocenters. The zero-order chi connectivity index (χ0) is 15.6. The number of hydrogen-bond acceptors (Lipinski definition) is 5. The number of rotatable bonds is 5. The Labute approximate surface area is 123 Å². The van der Waals surface area contributed by atoms with Gasteiger partial charge in [0.1, 0.15) is 6.33 Å². The maximum Gasteiger partial charge on any atom is 0.254 e. The Morgan fingerprint density at radius 2 is 2.19 bits per heavy atom. The van der Waals surface area contributed by atoms with Gasteiger partial charge in [-0.15, -0.1) is 0 Å². The zero-order valence-corrected chi connectivity index (χ0v) is 12.8. The molecule has 0 spiro atoms. The molecule has 0 aliphatic heterocycles. The molecule has 7 heteroatoms. The number of aromatic nitrogens is 4. The number of aliphatic hydroxyl groups is 1. The molecule has 2 heterocycles. The highest BCUT2D eigenvalue weighted by Crippen LogP contribution is 2.15. The monoisotopic (exact) mass is 291 g/mol. The van der Waals surface area contributed by atoms with Crippen LogP contribution in [0.2, 0.25) is 0 Å². The zero-order valence-electron chi connectivity index (χ0n) is 12.8. The molecule has 0 radical (unpaired) electrons. The van der Waals surface area contributed by atoms with Crippen molar-refractivity contribution in [1.82, 2.24) is 24.9 Å². The van der Waals surface area contributed by atoms with Gasteiger partial charge in [0.05, 0.1) is 16.9 Å². The Bertz CT molecular complexity index is 648. The summed E-state index contributed by atoms with van der Waals surface area (Å²) in [6.07, 6.45) is 3.49. The molecule has 2 aromatic heterocycles. The molecular weight excluding hydrogens is 270 g/mol. The van der Waals surface area contributed by atoms with E-state index in [1.54, 1.807) is 13.8 Å². The lowest BCUT2D eigenvalue weighted by Crippen LogP contribution is -2.41. The van der Waals surface area contributed by atoms with Crippen molar-refractivity contribution in [1.29, 1.82) is 0 Å². The second-order valence-corrected chi connectivity index (χ2v) is 6.01. The van der Waals surface area contributed by atoms with E-state index in [-0.39, 0.29) is 12.5 Å². The number of amides is 1. The number of hydrogen-bond donors (Lipinski definition) is 2. The summed E-state index contributed by atoms with van der Waals surface area (Å²) < 4.78 is 1.52. The van der Waals surface area contributed by atoms with Crippen molar-refractivity contribution in [3.8, 4) is 0 Å². The highest BCUT2D eigenvalue weighted by Gasteiger charge is 2.23. The lowest BCUT2D eigenvalue weighted by Gasteiger charge is -2.25. The van der Waals surface area contributed by atoms with Gasteiger partial charge >= 0.3 is 0 Å². The molecule has 0 saturated carbocycles. The standard InChI is InChI=1S/C14H21N5O2/c1-9(2)5-14(4,21)7-16-12(20)11-6-15-13-17-8-18-19(13)10(11)3/h6,8-9,21H,5,7H2,1-4H3,(H,16,20).